The van der Waals surface area contributed by atoms with E-state index in [4.69, 9.17) is 5.73 Å². The molecule has 1 aromatic carbocycles. The van der Waals surface area contributed by atoms with Crippen molar-refractivity contribution in [1.82, 2.24) is 14.9 Å². The summed E-state index contributed by atoms with van der Waals surface area (Å²) < 4.78 is 14.7. The van der Waals surface area contributed by atoms with Crippen LogP contribution in [-0.4, -0.2) is 26.8 Å². The number of aliphatic hydroxyl groups excluding tert-OH is 1. The highest BCUT2D eigenvalue weighted by Gasteiger charge is 2.30. The second-order valence-corrected chi connectivity index (χ2v) is 5.34. The number of hydrogen-bond acceptors (Lipinski definition) is 5. The molecule has 1 aromatic heterocycles. The number of fused-ring (bicyclic) bond motifs is 1. The lowest BCUT2D eigenvalue weighted by molar-refractivity contribution is -0.128. The Bertz CT molecular complexity index is 833. The zero-order valence-corrected chi connectivity index (χ0v) is 11.8. The molecule has 0 radical (unpaired) electrons. The van der Waals surface area contributed by atoms with Crippen LogP contribution in [0.2, 0.25) is 0 Å². The van der Waals surface area contributed by atoms with Crippen LogP contribution < -0.4 is 16.6 Å². The molecule has 0 saturated carbocycles. The smallest absolute Gasteiger partial charge is 0.263 e. The Kier molecular flexibility index (Phi) is 3.32. The standard InChI is InChI=1S/C14H15FN4O3/c1-6-17-9-5-7(15)4-8(16)12(9)14(22)19(6)10-2-3-11(20)18-13(10)21/h4-5,10,13,21H,2-3,16H2,1H3,(H,18,20). The van der Waals surface area contributed by atoms with Crippen LogP contribution in [0.25, 0.3) is 10.9 Å². The van der Waals surface area contributed by atoms with Gasteiger partial charge in [0.2, 0.25) is 5.91 Å². The van der Waals surface area contributed by atoms with Gasteiger partial charge in [-0.25, -0.2) is 9.37 Å². The van der Waals surface area contributed by atoms with Gasteiger partial charge < -0.3 is 16.2 Å². The number of anilines is 1. The topological polar surface area (TPSA) is 110 Å². The third kappa shape index (κ3) is 2.21. The summed E-state index contributed by atoms with van der Waals surface area (Å²) in [4.78, 5) is 28.2. The molecule has 2 unspecified atom stereocenters. The predicted molar refractivity (Wildman–Crippen MR) is 77.5 cm³/mol. The van der Waals surface area contributed by atoms with Crippen molar-refractivity contribution in [2.24, 2.45) is 0 Å². The normalized spacial score (nSPS) is 21.9. The predicted octanol–water partition coefficient (Wildman–Crippen LogP) is 0.196. The van der Waals surface area contributed by atoms with E-state index in [1.165, 1.54) is 4.57 Å². The SMILES string of the molecule is Cc1nc2cc(F)cc(N)c2c(=O)n1C1CCC(=O)NC1O. The number of carbonyl (C=O) groups excluding carboxylic acids is 1. The number of nitrogens with zero attached hydrogens (tertiary/aromatic N) is 2. The summed E-state index contributed by atoms with van der Waals surface area (Å²) in [5, 5.41) is 12.5. The Hall–Kier alpha value is -2.48. The number of nitrogens with one attached hydrogen (secondary N) is 1. The van der Waals surface area contributed by atoms with Crippen molar-refractivity contribution < 1.29 is 14.3 Å². The van der Waals surface area contributed by atoms with Gasteiger partial charge in [0.15, 0.2) is 0 Å². The highest BCUT2D eigenvalue weighted by atomic mass is 19.1. The van der Waals surface area contributed by atoms with Gasteiger partial charge in [-0.3, -0.25) is 14.2 Å². The van der Waals surface area contributed by atoms with Gasteiger partial charge in [0.05, 0.1) is 16.9 Å². The molecule has 2 atom stereocenters. The summed E-state index contributed by atoms with van der Waals surface area (Å²) in [6.07, 6.45) is -0.675. The molecule has 2 aromatic rings. The van der Waals surface area contributed by atoms with Gasteiger partial charge in [-0.2, -0.15) is 0 Å². The van der Waals surface area contributed by atoms with E-state index >= 15 is 0 Å². The molecule has 3 rings (SSSR count). The van der Waals surface area contributed by atoms with Crippen LogP contribution in [0.3, 0.4) is 0 Å². The molecule has 0 aliphatic carbocycles. The maximum atomic E-state index is 13.4. The van der Waals surface area contributed by atoms with Gasteiger partial charge in [-0.15, -0.1) is 0 Å². The number of piperidine rings is 1. The first-order chi connectivity index (χ1) is 10.4. The van der Waals surface area contributed by atoms with Crippen LogP contribution in [-0.2, 0) is 4.79 Å². The minimum atomic E-state index is -1.18. The van der Waals surface area contributed by atoms with Crippen LogP contribution >= 0.6 is 0 Å². The molecule has 0 spiro atoms. The number of aromatic nitrogens is 2. The van der Waals surface area contributed by atoms with E-state index < -0.39 is 23.6 Å². The van der Waals surface area contributed by atoms with Crippen LogP contribution in [0, 0.1) is 12.7 Å². The number of aliphatic hydroxyl groups is 1. The quantitative estimate of drug-likeness (QED) is 0.652. The zero-order valence-electron chi connectivity index (χ0n) is 11.8. The number of hydrogen-bond donors (Lipinski definition) is 3. The Balaban J connectivity index is 2.23. The van der Waals surface area contributed by atoms with Crippen LogP contribution in [0.4, 0.5) is 10.1 Å². The molecule has 1 aliphatic heterocycles. The summed E-state index contributed by atoms with van der Waals surface area (Å²) in [6.45, 7) is 1.59. The van der Waals surface area contributed by atoms with E-state index in [1.54, 1.807) is 6.92 Å². The third-order valence-corrected chi connectivity index (χ3v) is 3.85. The van der Waals surface area contributed by atoms with Crippen molar-refractivity contribution in [2.45, 2.75) is 32.0 Å². The third-order valence-electron chi connectivity index (χ3n) is 3.85. The van der Waals surface area contributed by atoms with E-state index in [9.17, 15) is 19.1 Å². The second-order valence-electron chi connectivity index (χ2n) is 5.34. The Morgan fingerprint density at radius 3 is 2.86 bits per heavy atom. The molecule has 116 valence electrons. The number of halogens is 1. The summed E-state index contributed by atoms with van der Waals surface area (Å²) in [7, 11) is 0. The molecule has 8 heteroatoms. The van der Waals surface area contributed by atoms with E-state index in [-0.39, 0.29) is 28.9 Å². The lowest BCUT2D eigenvalue weighted by atomic mass is 10.0. The van der Waals surface area contributed by atoms with Crippen molar-refractivity contribution in [2.75, 3.05) is 5.73 Å². The number of benzene rings is 1. The molecule has 1 aliphatic rings. The minimum Gasteiger partial charge on any atom is -0.398 e. The van der Waals surface area contributed by atoms with Gasteiger partial charge >= 0.3 is 0 Å². The first-order valence-electron chi connectivity index (χ1n) is 6.84. The van der Waals surface area contributed by atoms with Crippen molar-refractivity contribution in [3.05, 3.63) is 34.1 Å². The Labute approximate surface area is 124 Å². The minimum absolute atomic E-state index is 0.00409. The van der Waals surface area contributed by atoms with Crippen LogP contribution in [0.1, 0.15) is 24.7 Å². The lowest BCUT2D eigenvalue weighted by Crippen LogP contribution is -2.48. The number of nitrogen functional groups attached to an aromatic ring is 1. The zero-order chi connectivity index (χ0) is 16.0. The summed E-state index contributed by atoms with van der Waals surface area (Å²) >= 11 is 0. The van der Waals surface area contributed by atoms with E-state index in [1.807, 2.05) is 0 Å². The van der Waals surface area contributed by atoms with Crippen molar-refractivity contribution in [1.29, 1.82) is 0 Å². The molecule has 1 saturated heterocycles. The van der Waals surface area contributed by atoms with Crippen molar-refractivity contribution in [3.8, 4) is 0 Å². The largest absolute Gasteiger partial charge is 0.398 e. The van der Waals surface area contributed by atoms with Gasteiger partial charge in [0.1, 0.15) is 17.9 Å². The van der Waals surface area contributed by atoms with Crippen molar-refractivity contribution >= 4 is 22.5 Å². The van der Waals surface area contributed by atoms with Crippen LogP contribution in [0.15, 0.2) is 16.9 Å². The monoisotopic (exact) mass is 306 g/mol. The molecule has 0 bridgehead atoms. The Morgan fingerprint density at radius 1 is 1.45 bits per heavy atom. The molecule has 22 heavy (non-hydrogen) atoms. The Morgan fingerprint density at radius 2 is 2.18 bits per heavy atom. The summed E-state index contributed by atoms with van der Waals surface area (Å²) in [5.74, 6) is -0.522. The molecule has 4 N–H and O–H groups in total. The first-order valence-corrected chi connectivity index (χ1v) is 6.84. The summed E-state index contributed by atoms with van der Waals surface area (Å²) in [5.41, 5.74) is 5.45. The van der Waals surface area contributed by atoms with E-state index in [0.29, 0.717) is 12.2 Å². The summed E-state index contributed by atoms with van der Waals surface area (Å²) in [6, 6.07) is 1.57. The van der Waals surface area contributed by atoms with Gasteiger partial charge in [0.25, 0.3) is 5.56 Å². The van der Waals surface area contributed by atoms with Crippen LogP contribution in [0.5, 0.6) is 0 Å². The fraction of sp³-hybridized carbons (Fsp3) is 0.357. The van der Waals surface area contributed by atoms with Gasteiger partial charge in [-0.1, -0.05) is 0 Å². The lowest BCUT2D eigenvalue weighted by Gasteiger charge is -2.30. The highest BCUT2D eigenvalue weighted by molar-refractivity contribution is 5.89. The molecule has 1 fully saturated rings. The molecular formula is C14H15FN4O3. The van der Waals surface area contributed by atoms with E-state index in [2.05, 4.69) is 10.3 Å². The maximum absolute atomic E-state index is 13.4. The number of aryl methyl sites for hydroxylation is 1. The number of rotatable bonds is 1. The van der Waals surface area contributed by atoms with Gasteiger partial charge in [-0.05, 0) is 19.4 Å². The van der Waals surface area contributed by atoms with E-state index in [0.717, 1.165) is 12.1 Å². The number of carbonyl (C=O) groups is 1. The number of nitrogens with two attached hydrogens (primary N) is 1. The van der Waals surface area contributed by atoms with Gasteiger partial charge in [0, 0.05) is 18.2 Å². The average molecular weight is 306 g/mol. The molecular weight excluding hydrogens is 291 g/mol. The number of amides is 1. The molecule has 2 heterocycles. The maximum Gasteiger partial charge on any atom is 0.263 e. The highest BCUT2D eigenvalue weighted by Crippen LogP contribution is 2.24. The second kappa shape index (κ2) is 5.06. The molecule has 7 nitrogen and oxygen atoms in total. The average Bonchev–Trinajstić information content (AvgIpc) is 2.39. The van der Waals surface area contributed by atoms with Crippen molar-refractivity contribution in [3.63, 3.8) is 0 Å². The first kappa shape index (κ1) is 14.5. The fourth-order valence-corrected chi connectivity index (χ4v) is 2.86. The molecule has 1 amide bonds. The fourth-order valence-electron chi connectivity index (χ4n) is 2.86.